The Morgan fingerprint density at radius 2 is 1.74 bits per heavy atom. The molecule has 0 fully saturated rings. The normalized spacial score (nSPS) is 22.4. The molecule has 1 aliphatic rings. The van der Waals surface area contributed by atoms with Gasteiger partial charge in [0.1, 0.15) is 0 Å². The van der Waals surface area contributed by atoms with Crippen molar-refractivity contribution < 1.29 is 9.90 Å². The lowest BCUT2D eigenvalue weighted by Crippen LogP contribution is -2.10. The second kappa shape index (κ2) is 4.69. The summed E-state index contributed by atoms with van der Waals surface area (Å²) in [6.07, 6.45) is 1.97. The molecule has 0 saturated heterocycles. The number of aliphatic hydroxyl groups is 1. The van der Waals surface area contributed by atoms with Gasteiger partial charge in [-0.25, -0.2) is 0 Å². The van der Waals surface area contributed by atoms with Gasteiger partial charge in [-0.15, -0.1) is 0 Å². The van der Waals surface area contributed by atoms with Gasteiger partial charge in [-0.1, -0.05) is 57.2 Å². The number of hydrogen-bond acceptors (Lipinski definition) is 2. The van der Waals surface area contributed by atoms with Crippen molar-refractivity contribution >= 4 is 5.78 Å². The lowest BCUT2D eigenvalue weighted by atomic mass is 9.84. The lowest BCUT2D eigenvalue weighted by molar-refractivity contribution is -0.114. The maximum atomic E-state index is 12.2. The molecule has 1 N–H and O–H groups in total. The summed E-state index contributed by atoms with van der Waals surface area (Å²) in [5.74, 6) is -0.446. The van der Waals surface area contributed by atoms with Crippen molar-refractivity contribution in [3.63, 3.8) is 0 Å². The average molecular weight is 256 g/mol. The monoisotopic (exact) mass is 256 g/mol. The molecule has 1 aromatic rings. The summed E-state index contributed by atoms with van der Waals surface area (Å²) in [4.78, 5) is 12.2. The summed E-state index contributed by atoms with van der Waals surface area (Å²) in [5.41, 5.74) is 2.39. The molecular weight excluding hydrogens is 236 g/mol. The van der Waals surface area contributed by atoms with Crippen LogP contribution in [-0.4, -0.2) is 10.9 Å². The minimum atomic E-state index is -0.235. The van der Waals surface area contributed by atoms with Crippen LogP contribution in [0.3, 0.4) is 0 Å². The Balaban J connectivity index is 2.55. The van der Waals surface area contributed by atoms with Gasteiger partial charge in [0, 0.05) is 11.5 Å². The van der Waals surface area contributed by atoms with Crippen LogP contribution in [0, 0.1) is 5.41 Å². The third-order valence-electron chi connectivity index (χ3n) is 3.32. The van der Waals surface area contributed by atoms with Gasteiger partial charge in [0.05, 0.1) is 0 Å². The maximum Gasteiger partial charge on any atom is 0.223 e. The minimum Gasteiger partial charge on any atom is -0.504 e. The number of ketones is 1. The van der Waals surface area contributed by atoms with Crippen LogP contribution < -0.4 is 0 Å². The molecule has 0 bridgehead atoms. The van der Waals surface area contributed by atoms with Crippen molar-refractivity contribution in [2.75, 3.05) is 0 Å². The molecule has 0 radical (unpaired) electrons. The van der Waals surface area contributed by atoms with Crippen LogP contribution in [0.15, 0.2) is 53.3 Å². The van der Waals surface area contributed by atoms with E-state index in [1.807, 2.05) is 43.3 Å². The Bertz CT molecular complexity index is 557. The highest BCUT2D eigenvalue weighted by Gasteiger charge is 2.36. The lowest BCUT2D eigenvalue weighted by Gasteiger charge is -2.19. The number of allylic oxidation sites excluding steroid dienone is 3. The van der Waals surface area contributed by atoms with E-state index in [1.165, 1.54) is 0 Å². The van der Waals surface area contributed by atoms with Crippen molar-refractivity contribution in [3.8, 4) is 0 Å². The summed E-state index contributed by atoms with van der Waals surface area (Å²) in [6, 6.07) is 9.85. The quantitative estimate of drug-likeness (QED) is 0.766. The second-order valence-electron chi connectivity index (χ2n) is 6.17. The molecule has 2 heteroatoms. The summed E-state index contributed by atoms with van der Waals surface area (Å²) in [6.45, 7) is 7.99. The van der Waals surface area contributed by atoms with Crippen molar-refractivity contribution in [3.05, 3.63) is 58.9 Å². The molecule has 0 spiro atoms. The summed E-state index contributed by atoms with van der Waals surface area (Å²) >= 11 is 0. The molecule has 1 atom stereocenters. The van der Waals surface area contributed by atoms with Crippen LogP contribution in [0.1, 0.15) is 39.2 Å². The first kappa shape index (κ1) is 13.6. The predicted molar refractivity (Wildman–Crippen MR) is 77.1 cm³/mol. The smallest absolute Gasteiger partial charge is 0.223 e. The number of Topliss-reactive ketones (excluding diaryl/α,β-unsaturated/α-hetero) is 1. The molecule has 19 heavy (non-hydrogen) atoms. The zero-order valence-corrected chi connectivity index (χ0v) is 11.9. The fourth-order valence-electron chi connectivity index (χ4n) is 2.51. The number of aliphatic hydroxyl groups excluding tert-OH is 1. The zero-order chi connectivity index (χ0) is 14.2. The van der Waals surface area contributed by atoms with Crippen LogP contribution in [0.4, 0.5) is 0 Å². The van der Waals surface area contributed by atoms with Gasteiger partial charge in [-0.2, -0.15) is 0 Å². The summed E-state index contributed by atoms with van der Waals surface area (Å²) in [7, 11) is 0. The van der Waals surface area contributed by atoms with E-state index in [9.17, 15) is 9.90 Å². The average Bonchev–Trinajstić information content (AvgIpc) is 2.54. The number of benzene rings is 1. The number of carbonyl (C=O) groups excluding carboxylic acids is 1. The molecule has 2 rings (SSSR count). The number of carbonyl (C=O) groups is 1. The van der Waals surface area contributed by atoms with Crippen molar-refractivity contribution in [2.45, 2.75) is 33.6 Å². The largest absolute Gasteiger partial charge is 0.504 e. The van der Waals surface area contributed by atoms with E-state index in [0.717, 1.165) is 11.1 Å². The van der Waals surface area contributed by atoms with Crippen LogP contribution in [0.2, 0.25) is 0 Å². The fourth-order valence-corrected chi connectivity index (χ4v) is 2.51. The molecule has 0 aromatic heterocycles. The van der Waals surface area contributed by atoms with E-state index >= 15 is 0 Å². The maximum absolute atomic E-state index is 12.2. The molecule has 0 unspecified atom stereocenters. The second-order valence-corrected chi connectivity index (χ2v) is 6.17. The van der Waals surface area contributed by atoms with Crippen LogP contribution in [0.5, 0.6) is 0 Å². The third kappa shape index (κ3) is 2.62. The van der Waals surface area contributed by atoms with Gasteiger partial charge in [0.15, 0.2) is 5.76 Å². The molecule has 0 aliphatic heterocycles. The number of hydrogen-bond donors (Lipinski definition) is 1. The van der Waals surface area contributed by atoms with Gasteiger partial charge in [0.25, 0.3) is 0 Å². The molecule has 1 aromatic carbocycles. The molecule has 0 amide bonds. The van der Waals surface area contributed by atoms with E-state index in [4.69, 9.17) is 0 Å². The third-order valence-corrected chi connectivity index (χ3v) is 3.32. The van der Waals surface area contributed by atoms with Crippen LogP contribution >= 0.6 is 0 Å². The van der Waals surface area contributed by atoms with Gasteiger partial charge in [-0.3, -0.25) is 4.79 Å². The first-order valence-corrected chi connectivity index (χ1v) is 6.53. The highest BCUT2D eigenvalue weighted by Crippen LogP contribution is 2.41. The topological polar surface area (TPSA) is 37.3 Å². The van der Waals surface area contributed by atoms with E-state index in [0.29, 0.717) is 5.57 Å². The van der Waals surface area contributed by atoms with E-state index < -0.39 is 0 Å². The Morgan fingerprint density at radius 1 is 1.16 bits per heavy atom. The Hall–Kier alpha value is -1.83. The molecule has 0 saturated carbocycles. The van der Waals surface area contributed by atoms with Gasteiger partial charge >= 0.3 is 0 Å². The van der Waals surface area contributed by atoms with Crippen molar-refractivity contribution in [1.82, 2.24) is 0 Å². The Labute approximate surface area is 114 Å². The molecule has 2 nitrogen and oxygen atoms in total. The zero-order valence-electron chi connectivity index (χ0n) is 11.9. The predicted octanol–water partition coefficient (Wildman–Crippen LogP) is 4.16. The van der Waals surface area contributed by atoms with E-state index in [1.54, 1.807) is 0 Å². The SMILES string of the molecule is CC1=C(O)C(=O)/C(=C\C(C)(C)C)[C@@H]1c1ccccc1. The molecule has 0 heterocycles. The van der Waals surface area contributed by atoms with E-state index in [2.05, 4.69) is 20.8 Å². The van der Waals surface area contributed by atoms with Crippen molar-refractivity contribution in [1.29, 1.82) is 0 Å². The van der Waals surface area contributed by atoms with E-state index in [-0.39, 0.29) is 22.9 Å². The minimum absolute atomic E-state index is 0.0932. The fraction of sp³-hybridized carbons (Fsp3) is 0.353. The molecule has 1 aliphatic carbocycles. The Kier molecular flexibility index (Phi) is 3.36. The Morgan fingerprint density at radius 3 is 2.26 bits per heavy atom. The number of rotatable bonds is 1. The first-order chi connectivity index (χ1) is 8.81. The summed E-state index contributed by atoms with van der Waals surface area (Å²) in [5, 5.41) is 9.95. The standard InChI is InChI=1S/C17H20O2/c1-11-14(12-8-6-5-7-9-12)13(10-17(2,3)4)16(19)15(11)18/h5-10,14,18H,1-4H3/b13-10-/t14-/m0/s1. The highest BCUT2D eigenvalue weighted by atomic mass is 16.3. The van der Waals surface area contributed by atoms with Gasteiger partial charge in [-0.05, 0) is 23.5 Å². The van der Waals surface area contributed by atoms with Gasteiger partial charge in [0.2, 0.25) is 5.78 Å². The van der Waals surface area contributed by atoms with Crippen LogP contribution in [0.25, 0.3) is 0 Å². The summed E-state index contributed by atoms with van der Waals surface area (Å²) < 4.78 is 0. The molecule has 100 valence electrons. The van der Waals surface area contributed by atoms with Crippen LogP contribution in [-0.2, 0) is 4.79 Å². The highest BCUT2D eigenvalue weighted by molar-refractivity contribution is 6.11. The van der Waals surface area contributed by atoms with Crippen molar-refractivity contribution in [2.24, 2.45) is 5.41 Å². The van der Waals surface area contributed by atoms with Gasteiger partial charge < -0.3 is 5.11 Å². The first-order valence-electron chi connectivity index (χ1n) is 6.53. The molecular formula is C17H20O2.